The number of hydrogen-bond acceptors (Lipinski definition) is 2. The molecule has 0 saturated heterocycles. The monoisotopic (exact) mass is 410 g/mol. The SMILES string of the molecule is CC(C(CCCC(=O)O)c1cccc2ccccc12)P(=O)(O)Cc1ccccc1. The predicted molar refractivity (Wildman–Crippen MR) is 118 cm³/mol. The van der Waals surface area contributed by atoms with Crippen molar-refractivity contribution < 1.29 is 19.4 Å². The van der Waals surface area contributed by atoms with Crippen LogP contribution in [0.5, 0.6) is 0 Å². The zero-order chi connectivity index (χ0) is 20.9. The molecule has 0 aromatic heterocycles. The second-order valence-electron chi connectivity index (χ2n) is 7.60. The fourth-order valence-corrected chi connectivity index (χ4v) is 5.87. The standard InChI is InChI=1S/C24H27O4P/c1-18(29(27,28)17-19-9-3-2-4-10-19)21(14-8-16-24(25)26)23-15-7-12-20-11-5-6-13-22(20)23/h2-7,9-13,15,18,21H,8,14,16-17H2,1H3,(H,25,26)(H,27,28). The topological polar surface area (TPSA) is 74.6 Å². The van der Waals surface area contributed by atoms with Gasteiger partial charge in [-0.3, -0.25) is 9.36 Å². The van der Waals surface area contributed by atoms with Crippen LogP contribution in [0.25, 0.3) is 10.8 Å². The molecule has 0 spiro atoms. The van der Waals surface area contributed by atoms with E-state index < -0.39 is 19.0 Å². The third-order valence-corrected chi connectivity index (χ3v) is 8.05. The quantitative estimate of drug-likeness (QED) is 0.422. The van der Waals surface area contributed by atoms with E-state index in [4.69, 9.17) is 5.11 Å². The molecule has 3 rings (SSSR count). The fraction of sp³-hybridized carbons (Fsp3) is 0.292. The van der Waals surface area contributed by atoms with Gasteiger partial charge in [-0.25, -0.2) is 0 Å². The second-order valence-corrected chi connectivity index (χ2v) is 10.2. The summed E-state index contributed by atoms with van der Waals surface area (Å²) in [4.78, 5) is 22.0. The molecular formula is C24H27O4P. The summed E-state index contributed by atoms with van der Waals surface area (Å²) in [5.74, 6) is -1.04. The van der Waals surface area contributed by atoms with E-state index in [2.05, 4.69) is 0 Å². The van der Waals surface area contributed by atoms with Crippen molar-refractivity contribution in [2.45, 2.75) is 43.9 Å². The molecule has 0 amide bonds. The van der Waals surface area contributed by atoms with Crippen LogP contribution in [0.3, 0.4) is 0 Å². The highest BCUT2D eigenvalue weighted by Gasteiger charge is 2.35. The Morgan fingerprint density at radius 3 is 2.34 bits per heavy atom. The number of carboxylic acids is 1. The minimum atomic E-state index is -3.52. The van der Waals surface area contributed by atoms with Crippen molar-refractivity contribution in [1.29, 1.82) is 0 Å². The number of benzene rings is 3. The van der Waals surface area contributed by atoms with Crippen LogP contribution in [0.1, 0.15) is 43.2 Å². The molecule has 3 aromatic rings. The molecule has 0 saturated carbocycles. The van der Waals surface area contributed by atoms with Crippen LogP contribution in [0.15, 0.2) is 72.8 Å². The molecular weight excluding hydrogens is 383 g/mol. The smallest absolute Gasteiger partial charge is 0.303 e. The number of hydrogen-bond donors (Lipinski definition) is 2. The highest BCUT2D eigenvalue weighted by atomic mass is 31.2. The highest BCUT2D eigenvalue weighted by Crippen LogP contribution is 2.55. The number of carboxylic acid groups (broad SMARTS) is 1. The van der Waals surface area contributed by atoms with Gasteiger partial charge in [-0.2, -0.15) is 0 Å². The molecule has 3 unspecified atom stereocenters. The Morgan fingerprint density at radius 1 is 0.966 bits per heavy atom. The van der Waals surface area contributed by atoms with Crippen LogP contribution in [0, 0.1) is 0 Å². The fourth-order valence-electron chi connectivity index (χ4n) is 3.97. The molecule has 152 valence electrons. The van der Waals surface area contributed by atoms with Gasteiger partial charge in [0.15, 0.2) is 0 Å². The van der Waals surface area contributed by atoms with E-state index >= 15 is 0 Å². The van der Waals surface area contributed by atoms with Gasteiger partial charge in [0, 0.05) is 18.2 Å². The molecule has 3 atom stereocenters. The van der Waals surface area contributed by atoms with Gasteiger partial charge in [0.1, 0.15) is 0 Å². The van der Waals surface area contributed by atoms with Crippen molar-refractivity contribution in [3.05, 3.63) is 83.9 Å². The van der Waals surface area contributed by atoms with Gasteiger partial charge in [-0.05, 0) is 40.7 Å². The van der Waals surface area contributed by atoms with Gasteiger partial charge < -0.3 is 10.00 Å². The van der Waals surface area contributed by atoms with Gasteiger partial charge in [-0.1, -0.05) is 79.7 Å². The van der Waals surface area contributed by atoms with Crippen LogP contribution >= 0.6 is 7.37 Å². The summed E-state index contributed by atoms with van der Waals surface area (Å²) in [5, 5.41) is 11.2. The molecule has 0 radical (unpaired) electrons. The van der Waals surface area contributed by atoms with Crippen LogP contribution in [0.2, 0.25) is 0 Å². The summed E-state index contributed by atoms with van der Waals surface area (Å²) in [7, 11) is -3.52. The van der Waals surface area contributed by atoms with E-state index in [9.17, 15) is 14.3 Å². The van der Waals surface area contributed by atoms with E-state index in [0.29, 0.717) is 12.8 Å². The Balaban J connectivity index is 1.95. The highest BCUT2D eigenvalue weighted by molar-refractivity contribution is 7.58. The van der Waals surface area contributed by atoms with E-state index in [-0.39, 0.29) is 18.5 Å². The molecule has 0 aliphatic carbocycles. The second kappa shape index (κ2) is 9.39. The summed E-state index contributed by atoms with van der Waals surface area (Å²) in [6.45, 7) is 1.83. The zero-order valence-electron chi connectivity index (χ0n) is 16.6. The van der Waals surface area contributed by atoms with Crippen molar-refractivity contribution in [1.82, 2.24) is 0 Å². The Labute approximate surface area is 171 Å². The summed E-state index contributed by atoms with van der Waals surface area (Å²) in [6, 6.07) is 23.4. The summed E-state index contributed by atoms with van der Waals surface area (Å²) in [6.07, 6.45) is 1.21. The van der Waals surface area contributed by atoms with Crippen molar-refractivity contribution in [2.24, 2.45) is 0 Å². The molecule has 0 heterocycles. The number of rotatable bonds is 9. The van der Waals surface area contributed by atoms with Crippen molar-refractivity contribution in [2.75, 3.05) is 0 Å². The third-order valence-electron chi connectivity index (χ3n) is 5.60. The average Bonchev–Trinajstić information content (AvgIpc) is 2.71. The van der Waals surface area contributed by atoms with Crippen molar-refractivity contribution >= 4 is 24.1 Å². The molecule has 4 nitrogen and oxygen atoms in total. The molecule has 0 aliphatic heterocycles. The first-order valence-electron chi connectivity index (χ1n) is 9.93. The maximum Gasteiger partial charge on any atom is 0.303 e. The molecule has 0 aliphatic rings. The predicted octanol–water partition coefficient (Wildman–Crippen LogP) is 6.04. The third kappa shape index (κ3) is 5.35. The van der Waals surface area contributed by atoms with Crippen molar-refractivity contribution in [3.8, 4) is 0 Å². The van der Waals surface area contributed by atoms with Gasteiger partial charge >= 0.3 is 5.97 Å². The van der Waals surface area contributed by atoms with Gasteiger partial charge in [-0.15, -0.1) is 0 Å². The maximum atomic E-state index is 13.4. The first-order valence-corrected chi connectivity index (χ1v) is 11.8. The molecule has 2 N–H and O–H groups in total. The van der Waals surface area contributed by atoms with Crippen LogP contribution in [-0.4, -0.2) is 21.6 Å². The molecule has 29 heavy (non-hydrogen) atoms. The van der Waals surface area contributed by atoms with Gasteiger partial charge in [0.25, 0.3) is 0 Å². The summed E-state index contributed by atoms with van der Waals surface area (Å²) >= 11 is 0. The van der Waals surface area contributed by atoms with E-state index in [1.54, 1.807) is 0 Å². The first-order chi connectivity index (χ1) is 13.9. The van der Waals surface area contributed by atoms with Gasteiger partial charge in [0.2, 0.25) is 7.37 Å². The Morgan fingerprint density at radius 2 is 1.62 bits per heavy atom. The lowest BCUT2D eigenvalue weighted by atomic mass is 9.87. The summed E-state index contributed by atoms with van der Waals surface area (Å²) < 4.78 is 13.4. The lowest BCUT2D eigenvalue weighted by Gasteiger charge is -2.29. The number of fused-ring (bicyclic) bond motifs is 1. The van der Waals surface area contributed by atoms with Crippen LogP contribution in [0.4, 0.5) is 0 Å². The lowest BCUT2D eigenvalue weighted by molar-refractivity contribution is -0.137. The molecule has 0 fully saturated rings. The Bertz CT molecular complexity index is 1010. The van der Waals surface area contributed by atoms with E-state index in [1.807, 2.05) is 79.7 Å². The Hall–Kier alpha value is -2.42. The summed E-state index contributed by atoms with van der Waals surface area (Å²) in [5.41, 5.74) is 1.37. The van der Waals surface area contributed by atoms with Crippen LogP contribution in [-0.2, 0) is 15.5 Å². The molecule has 3 aromatic carbocycles. The zero-order valence-corrected chi connectivity index (χ0v) is 17.5. The minimum Gasteiger partial charge on any atom is -0.481 e. The lowest BCUT2D eigenvalue weighted by Crippen LogP contribution is -2.18. The Kier molecular flexibility index (Phi) is 6.89. The van der Waals surface area contributed by atoms with Crippen molar-refractivity contribution in [3.63, 3.8) is 0 Å². The minimum absolute atomic E-state index is 0.0579. The van der Waals surface area contributed by atoms with E-state index in [0.717, 1.165) is 21.9 Å². The average molecular weight is 410 g/mol. The van der Waals surface area contributed by atoms with E-state index in [1.165, 1.54) is 0 Å². The molecule has 0 bridgehead atoms. The number of carbonyl (C=O) groups is 1. The van der Waals surface area contributed by atoms with Crippen LogP contribution < -0.4 is 0 Å². The first kappa shape index (κ1) is 21.3. The normalized spacial score (nSPS) is 15.5. The number of aliphatic carboxylic acids is 1. The largest absolute Gasteiger partial charge is 0.481 e. The van der Waals surface area contributed by atoms with Gasteiger partial charge in [0.05, 0.1) is 0 Å². The maximum absolute atomic E-state index is 13.4. The molecule has 5 heteroatoms.